The number of nitrogens with zero attached hydrogens (tertiary/aromatic N) is 8. The molecule has 5 rings (SSSR count). The lowest BCUT2D eigenvalue weighted by atomic mass is 9.96. The van der Waals surface area contributed by atoms with Gasteiger partial charge in [0, 0.05) is 43.5 Å². The van der Waals surface area contributed by atoms with Gasteiger partial charge < -0.3 is 14.2 Å². The Morgan fingerprint density at radius 3 is 2.47 bits per heavy atom. The van der Waals surface area contributed by atoms with Crippen LogP contribution in [0, 0.1) is 13.8 Å². The third-order valence-corrected chi connectivity index (χ3v) is 5.90. The average molecular weight is 461 g/mol. The van der Waals surface area contributed by atoms with Gasteiger partial charge in [-0.25, -0.2) is 19.6 Å². The van der Waals surface area contributed by atoms with Crippen molar-refractivity contribution < 1.29 is 9.21 Å². The van der Waals surface area contributed by atoms with Crippen LogP contribution in [-0.4, -0.2) is 66.7 Å². The number of carbonyl (C=O) groups is 1. The number of pyridine rings is 2. The molecule has 4 aromatic heterocycles. The molecule has 0 aliphatic carbocycles. The summed E-state index contributed by atoms with van der Waals surface area (Å²) in [6.07, 6.45) is 3.28. The van der Waals surface area contributed by atoms with E-state index in [9.17, 15) is 4.79 Å². The maximum Gasteiger partial charge on any atom is 0.300 e. The average Bonchev–Trinajstić information content (AvgIpc) is 3.46. The second kappa shape index (κ2) is 8.19. The second-order valence-electron chi connectivity index (χ2n) is 9.68. The minimum Gasteiger partial charge on any atom is -0.422 e. The third-order valence-electron chi connectivity index (χ3n) is 5.90. The van der Waals surface area contributed by atoms with Crippen molar-refractivity contribution in [2.45, 2.75) is 40.0 Å². The van der Waals surface area contributed by atoms with Gasteiger partial charge in [0.15, 0.2) is 17.2 Å². The van der Waals surface area contributed by atoms with Crippen LogP contribution in [0.25, 0.3) is 17.0 Å². The van der Waals surface area contributed by atoms with Crippen molar-refractivity contribution >= 4 is 23.2 Å². The zero-order chi connectivity index (χ0) is 24.0. The molecule has 0 N–H and O–H groups in total. The Bertz CT molecular complexity index is 1360. The number of carbonyl (C=O) groups excluding carboxylic acids is 1. The maximum atomic E-state index is 13.1. The van der Waals surface area contributed by atoms with E-state index in [4.69, 9.17) is 4.42 Å². The minimum atomic E-state index is -0.148. The van der Waals surface area contributed by atoms with E-state index in [0.717, 1.165) is 17.1 Å². The van der Waals surface area contributed by atoms with E-state index in [1.54, 1.807) is 17.2 Å². The van der Waals surface area contributed by atoms with E-state index in [2.05, 4.69) is 45.8 Å². The molecule has 0 bridgehead atoms. The van der Waals surface area contributed by atoms with Crippen LogP contribution >= 0.6 is 0 Å². The number of anilines is 1. The SMILES string of the molecule is Cc1ccc2oc(N3CCN(C(=O)c4cnc(-n5cnc(C(C)(C)C)n5)c(C)c4)CC3)nc2n1. The molecule has 10 nitrogen and oxygen atoms in total. The summed E-state index contributed by atoms with van der Waals surface area (Å²) in [5, 5.41) is 4.56. The van der Waals surface area contributed by atoms with E-state index in [-0.39, 0.29) is 11.3 Å². The standard InChI is InChI=1S/C24H28N8O2/c1-15-12-17(13-25-20(15)32-14-26-22(29-32)24(3,4)5)21(33)30-8-10-31(11-9-30)23-28-19-18(34-23)7-6-16(2)27-19/h6-7,12-14H,8-11H2,1-5H3. The molecule has 4 aromatic rings. The van der Waals surface area contributed by atoms with Gasteiger partial charge in [-0.2, -0.15) is 4.98 Å². The van der Waals surface area contributed by atoms with Gasteiger partial charge in [0.05, 0.1) is 5.56 Å². The highest BCUT2D eigenvalue weighted by molar-refractivity contribution is 5.94. The quantitative estimate of drug-likeness (QED) is 0.459. The number of piperazine rings is 1. The van der Waals surface area contributed by atoms with Crippen molar-refractivity contribution in [3.05, 3.63) is 53.4 Å². The number of hydrogen-bond acceptors (Lipinski definition) is 8. The molecule has 34 heavy (non-hydrogen) atoms. The number of amides is 1. The molecule has 1 fully saturated rings. The second-order valence-corrected chi connectivity index (χ2v) is 9.68. The minimum absolute atomic E-state index is 0.0365. The van der Waals surface area contributed by atoms with E-state index in [0.29, 0.717) is 54.8 Å². The van der Waals surface area contributed by atoms with Crippen LogP contribution in [0.5, 0.6) is 0 Å². The van der Waals surface area contributed by atoms with Crippen LogP contribution in [0.15, 0.2) is 35.1 Å². The van der Waals surface area contributed by atoms with Crippen molar-refractivity contribution in [2.24, 2.45) is 0 Å². The molecule has 1 amide bonds. The lowest BCUT2D eigenvalue weighted by Crippen LogP contribution is -2.49. The van der Waals surface area contributed by atoms with Gasteiger partial charge in [-0.05, 0) is 37.6 Å². The number of fused-ring (bicyclic) bond motifs is 1. The number of hydrogen-bond donors (Lipinski definition) is 0. The summed E-state index contributed by atoms with van der Waals surface area (Å²) in [6.45, 7) is 12.5. The molecule has 0 radical (unpaired) electrons. The van der Waals surface area contributed by atoms with Gasteiger partial charge >= 0.3 is 0 Å². The third kappa shape index (κ3) is 4.11. The molecular weight excluding hydrogens is 432 g/mol. The Hall–Kier alpha value is -3.82. The van der Waals surface area contributed by atoms with Crippen LogP contribution in [0.1, 0.15) is 48.2 Å². The Labute approximate surface area is 197 Å². The van der Waals surface area contributed by atoms with Gasteiger partial charge in [0.1, 0.15) is 6.33 Å². The van der Waals surface area contributed by atoms with Gasteiger partial charge in [0.2, 0.25) is 5.65 Å². The van der Waals surface area contributed by atoms with Gasteiger partial charge in [-0.15, -0.1) is 5.10 Å². The summed E-state index contributed by atoms with van der Waals surface area (Å²) < 4.78 is 7.53. The van der Waals surface area contributed by atoms with E-state index < -0.39 is 0 Å². The fourth-order valence-electron chi connectivity index (χ4n) is 3.95. The van der Waals surface area contributed by atoms with Gasteiger partial charge in [-0.1, -0.05) is 20.8 Å². The van der Waals surface area contributed by atoms with Crippen molar-refractivity contribution in [3.63, 3.8) is 0 Å². The van der Waals surface area contributed by atoms with Crippen molar-refractivity contribution in [1.29, 1.82) is 0 Å². The number of aromatic nitrogens is 6. The lowest BCUT2D eigenvalue weighted by Gasteiger charge is -2.33. The molecule has 0 aromatic carbocycles. The predicted octanol–water partition coefficient (Wildman–Crippen LogP) is 3.08. The summed E-state index contributed by atoms with van der Waals surface area (Å²) >= 11 is 0. The zero-order valence-electron chi connectivity index (χ0n) is 20.1. The highest BCUT2D eigenvalue weighted by Gasteiger charge is 2.26. The first-order valence-corrected chi connectivity index (χ1v) is 11.4. The molecule has 1 saturated heterocycles. The predicted molar refractivity (Wildman–Crippen MR) is 127 cm³/mol. The van der Waals surface area contributed by atoms with Crippen molar-refractivity contribution in [3.8, 4) is 5.82 Å². The highest BCUT2D eigenvalue weighted by Crippen LogP contribution is 2.23. The molecule has 0 unspecified atom stereocenters. The number of aryl methyl sites for hydroxylation is 2. The largest absolute Gasteiger partial charge is 0.422 e. The number of oxazole rings is 1. The Morgan fingerprint density at radius 1 is 1.03 bits per heavy atom. The first-order valence-electron chi connectivity index (χ1n) is 11.4. The monoisotopic (exact) mass is 460 g/mol. The summed E-state index contributed by atoms with van der Waals surface area (Å²) in [5.74, 6) is 1.38. The molecule has 1 aliphatic heterocycles. The van der Waals surface area contributed by atoms with Crippen LogP contribution in [-0.2, 0) is 5.41 Å². The maximum absolute atomic E-state index is 13.1. The Morgan fingerprint density at radius 2 is 1.79 bits per heavy atom. The summed E-state index contributed by atoms with van der Waals surface area (Å²) in [7, 11) is 0. The molecule has 0 atom stereocenters. The fourth-order valence-corrected chi connectivity index (χ4v) is 3.95. The van der Waals surface area contributed by atoms with Crippen LogP contribution in [0.4, 0.5) is 6.01 Å². The Kier molecular flexibility index (Phi) is 5.30. The molecule has 1 aliphatic rings. The Balaban J connectivity index is 1.27. The van der Waals surface area contributed by atoms with Gasteiger partial charge in [0.25, 0.3) is 11.9 Å². The molecule has 0 saturated carbocycles. The molecule has 176 valence electrons. The first kappa shape index (κ1) is 22.0. The lowest BCUT2D eigenvalue weighted by molar-refractivity contribution is 0.0744. The van der Waals surface area contributed by atoms with Crippen molar-refractivity contribution in [2.75, 3.05) is 31.1 Å². The normalized spacial score (nSPS) is 14.7. The fraction of sp³-hybridized carbons (Fsp3) is 0.417. The first-order chi connectivity index (χ1) is 16.2. The topological polar surface area (TPSA) is 106 Å². The molecule has 0 spiro atoms. The molecule has 5 heterocycles. The number of rotatable bonds is 3. The van der Waals surface area contributed by atoms with E-state index in [1.807, 2.05) is 41.8 Å². The molecule has 10 heteroatoms. The van der Waals surface area contributed by atoms with Crippen molar-refractivity contribution in [1.82, 2.24) is 34.6 Å². The van der Waals surface area contributed by atoms with Gasteiger partial charge in [-0.3, -0.25) is 4.79 Å². The smallest absolute Gasteiger partial charge is 0.300 e. The van der Waals surface area contributed by atoms with Crippen LogP contribution in [0.2, 0.25) is 0 Å². The van der Waals surface area contributed by atoms with E-state index in [1.165, 1.54) is 0 Å². The van der Waals surface area contributed by atoms with Crippen LogP contribution < -0.4 is 4.90 Å². The zero-order valence-corrected chi connectivity index (χ0v) is 20.1. The highest BCUT2D eigenvalue weighted by atomic mass is 16.4. The summed E-state index contributed by atoms with van der Waals surface area (Å²) in [5.41, 5.74) is 3.46. The summed E-state index contributed by atoms with van der Waals surface area (Å²) in [4.78, 5) is 34.9. The summed E-state index contributed by atoms with van der Waals surface area (Å²) in [6, 6.07) is 6.20. The molecular formula is C24H28N8O2. The van der Waals surface area contributed by atoms with Crippen LogP contribution in [0.3, 0.4) is 0 Å². The van der Waals surface area contributed by atoms with E-state index >= 15 is 0 Å².